The number of hydrogen-bond donors (Lipinski definition) is 0. The molecule has 19 heavy (non-hydrogen) atoms. The molecule has 0 aromatic heterocycles. The lowest BCUT2D eigenvalue weighted by Crippen LogP contribution is -2.37. The maximum Gasteiger partial charge on any atom is 0.137 e. The fourth-order valence-electron chi connectivity index (χ4n) is 3.57. The lowest BCUT2D eigenvalue weighted by Gasteiger charge is -2.32. The summed E-state index contributed by atoms with van der Waals surface area (Å²) in [5, 5.41) is 0. The number of rotatable bonds is 5. The molecule has 2 fully saturated rings. The molecule has 1 heterocycles. The summed E-state index contributed by atoms with van der Waals surface area (Å²) in [4.78, 5) is 14.4. The molecule has 1 saturated heterocycles. The van der Waals surface area contributed by atoms with Crippen molar-refractivity contribution < 1.29 is 9.53 Å². The van der Waals surface area contributed by atoms with Crippen molar-refractivity contribution in [2.45, 2.75) is 45.4 Å². The van der Waals surface area contributed by atoms with Crippen LogP contribution < -0.4 is 0 Å². The molecule has 1 saturated carbocycles. The number of nitrogens with zero attached hydrogens (tertiary/aromatic N) is 1. The van der Waals surface area contributed by atoms with Crippen molar-refractivity contribution in [2.75, 3.05) is 33.4 Å². The van der Waals surface area contributed by atoms with E-state index in [4.69, 9.17) is 4.74 Å². The number of carbonyl (C=O) groups is 1. The van der Waals surface area contributed by atoms with Crippen LogP contribution in [-0.4, -0.2) is 44.0 Å². The van der Waals surface area contributed by atoms with Gasteiger partial charge in [0.2, 0.25) is 0 Å². The van der Waals surface area contributed by atoms with Gasteiger partial charge in [-0.1, -0.05) is 13.3 Å². The van der Waals surface area contributed by atoms with Crippen molar-refractivity contribution in [1.29, 1.82) is 0 Å². The Balaban J connectivity index is 1.76. The van der Waals surface area contributed by atoms with E-state index >= 15 is 0 Å². The van der Waals surface area contributed by atoms with Crippen LogP contribution in [0.5, 0.6) is 0 Å². The van der Waals surface area contributed by atoms with E-state index in [-0.39, 0.29) is 0 Å². The molecule has 0 spiro atoms. The van der Waals surface area contributed by atoms with Gasteiger partial charge in [0.25, 0.3) is 0 Å². The first kappa shape index (κ1) is 15.0. The molecule has 2 aliphatic rings. The Hall–Kier alpha value is -0.410. The van der Waals surface area contributed by atoms with Gasteiger partial charge in [0.05, 0.1) is 0 Å². The Morgan fingerprint density at radius 1 is 1.16 bits per heavy atom. The molecule has 3 heteroatoms. The third kappa shape index (κ3) is 4.57. The fraction of sp³-hybridized carbons (Fsp3) is 0.938. The van der Waals surface area contributed by atoms with E-state index in [2.05, 4.69) is 18.9 Å². The van der Waals surface area contributed by atoms with Crippen LogP contribution in [0, 0.1) is 17.8 Å². The van der Waals surface area contributed by atoms with E-state index in [1.165, 1.54) is 19.3 Å². The molecule has 110 valence electrons. The van der Waals surface area contributed by atoms with E-state index in [1.54, 1.807) is 0 Å². The molecule has 0 aromatic rings. The van der Waals surface area contributed by atoms with Crippen LogP contribution in [0.15, 0.2) is 0 Å². The van der Waals surface area contributed by atoms with Crippen molar-refractivity contribution in [3.05, 3.63) is 0 Å². The van der Waals surface area contributed by atoms with Crippen LogP contribution in [0.1, 0.15) is 45.4 Å². The fourth-order valence-corrected chi connectivity index (χ4v) is 3.57. The summed E-state index contributed by atoms with van der Waals surface area (Å²) in [6.07, 6.45) is 6.64. The standard InChI is InChI=1S/C16H29NO2/c1-3-13-4-5-16(18)15(10-13)12-17(2)11-14-6-8-19-9-7-14/h13-15H,3-12H2,1-2H3. The van der Waals surface area contributed by atoms with Crippen LogP contribution >= 0.6 is 0 Å². The highest BCUT2D eigenvalue weighted by atomic mass is 16.5. The minimum Gasteiger partial charge on any atom is -0.381 e. The number of ether oxygens (including phenoxy) is 1. The van der Waals surface area contributed by atoms with Crippen LogP contribution in [-0.2, 0) is 9.53 Å². The van der Waals surface area contributed by atoms with Gasteiger partial charge in [-0.2, -0.15) is 0 Å². The van der Waals surface area contributed by atoms with Crippen LogP contribution in [0.2, 0.25) is 0 Å². The third-order valence-corrected chi connectivity index (χ3v) is 4.89. The van der Waals surface area contributed by atoms with Gasteiger partial charge in [-0.3, -0.25) is 4.79 Å². The molecule has 0 amide bonds. The average molecular weight is 267 g/mol. The van der Waals surface area contributed by atoms with Crippen LogP contribution in [0.4, 0.5) is 0 Å². The molecular weight excluding hydrogens is 238 g/mol. The first-order chi connectivity index (χ1) is 9.19. The molecule has 1 aliphatic carbocycles. The van der Waals surface area contributed by atoms with Gasteiger partial charge in [-0.05, 0) is 44.6 Å². The second-order valence-corrected chi connectivity index (χ2v) is 6.49. The van der Waals surface area contributed by atoms with Crippen LogP contribution in [0.25, 0.3) is 0 Å². The molecule has 0 radical (unpaired) electrons. The molecule has 2 rings (SSSR count). The first-order valence-electron chi connectivity index (χ1n) is 7.98. The summed E-state index contributed by atoms with van der Waals surface area (Å²) in [6, 6.07) is 0. The van der Waals surface area contributed by atoms with E-state index < -0.39 is 0 Å². The summed E-state index contributed by atoms with van der Waals surface area (Å²) in [5.74, 6) is 2.34. The molecule has 1 aliphatic heterocycles. The highest BCUT2D eigenvalue weighted by molar-refractivity contribution is 5.81. The number of carbonyl (C=O) groups excluding carboxylic acids is 1. The van der Waals surface area contributed by atoms with Crippen molar-refractivity contribution in [1.82, 2.24) is 4.90 Å². The minimum atomic E-state index is 0.295. The zero-order valence-corrected chi connectivity index (χ0v) is 12.6. The van der Waals surface area contributed by atoms with Gasteiger partial charge < -0.3 is 9.64 Å². The van der Waals surface area contributed by atoms with Crippen molar-refractivity contribution in [3.8, 4) is 0 Å². The topological polar surface area (TPSA) is 29.5 Å². The van der Waals surface area contributed by atoms with E-state index in [0.29, 0.717) is 11.7 Å². The lowest BCUT2D eigenvalue weighted by atomic mass is 9.79. The van der Waals surface area contributed by atoms with Gasteiger partial charge in [0.15, 0.2) is 0 Å². The van der Waals surface area contributed by atoms with Crippen molar-refractivity contribution >= 4 is 5.78 Å². The highest BCUT2D eigenvalue weighted by Crippen LogP contribution is 2.29. The van der Waals surface area contributed by atoms with Gasteiger partial charge in [0.1, 0.15) is 5.78 Å². The largest absolute Gasteiger partial charge is 0.381 e. The predicted molar refractivity (Wildman–Crippen MR) is 77.2 cm³/mol. The van der Waals surface area contributed by atoms with E-state index in [1.807, 2.05) is 0 Å². The third-order valence-electron chi connectivity index (χ3n) is 4.89. The molecule has 0 aromatic carbocycles. The summed E-state index contributed by atoms with van der Waals surface area (Å²) in [5.41, 5.74) is 0. The Morgan fingerprint density at radius 3 is 2.58 bits per heavy atom. The molecular formula is C16H29NO2. The normalized spacial score (nSPS) is 29.9. The summed E-state index contributed by atoms with van der Waals surface area (Å²) in [7, 11) is 2.18. The first-order valence-corrected chi connectivity index (χ1v) is 7.98. The Labute approximate surface area is 117 Å². The quantitative estimate of drug-likeness (QED) is 0.767. The number of ketones is 1. The zero-order valence-electron chi connectivity index (χ0n) is 12.6. The summed E-state index contributed by atoms with van der Waals surface area (Å²) in [6.45, 7) is 6.18. The van der Waals surface area contributed by atoms with Crippen molar-refractivity contribution in [2.24, 2.45) is 17.8 Å². The smallest absolute Gasteiger partial charge is 0.137 e. The molecule has 0 bridgehead atoms. The van der Waals surface area contributed by atoms with E-state index in [9.17, 15) is 4.79 Å². The highest BCUT2D eigenvalue weighted by Gasteiger charge is 2.29. The summed E-state index contributed by atoms with van der Waals surface area (Å²) >= 11 is 0. The maximum absolute atomic E-state index is 12.0. The minimum absolute atomic E-state index is 0.295. The Morgan fingerprint density at radius 2 is 1.89 bits per heavy atom. The molecule has 3 nitrogen and oxygen atoms in total. The van der Waals surface area contributed by atoms with Gasteiger partial charge in [0, 0.05) is 38.6 Å². The predicted octanol–water partition coefficient (Wildman–Crippen LogP) is 2.74. The second kappa shape index (κ2) is 7.39. The lowest BCUT2D eigenvalue weighted by molar-refractivity contribution is -0.126. The summed E-state index contributed by atoms with van der Waals surface area (Å²) < 4.78 is 5.40. The zero-order chi connectivity index (χ0) is 13.7. The monoisotopic (exact) mass is 267 g/mol. The van der Waals surface area contributed by atoms with Crippen molar-refractivity contribution in [3.63, 3.8) is 0 Å². The maximum atomic E-state index is 12.0. The molecule has 2 atom stereocenters. The Bertz CT molecular complexity index is 286. The Kier molecular flexibility index (Phi) is 5.83. The van der Waals surface area contributed by atoms with Gasteiger partial charge in [-0.15, -0.1) is 0 Å². The number of Topliss-reactive ketones (excluding diaryl/α,β-unsaturated/α-hetero) is 1. The number of hydrogen-bond acceptors (Lipinski definition) is 3. The van der Waals surface area contributed by atoms with E-state index in [0.717, 1.165) is 57.4 Å². The molecule has 0 N–H and O–H groups in total. The van der Waals surface area contributed by atoms with Gasteiger partial charge in [-0.25, -0.2) is 0 Å². The SMILES string of the molecule is CCC1CCC(=O)C(CN(C)CC2CCOCC2)C1. The second-order valence-electron chi connectivity index (χ2n) is 6.49. The molecule has 2 unspecified atom stereocenters. The average Bonchev–Trinajstić information content (AvgIpc) is 2.42. The van der Waals surface area contributed by atoms with Crippen LogP contribution in [0.3, 0.4) is 0 Å². The van der Waals surface area contributed by atoms with Gasteiger partial charge >= 0.3 is 0 Å².